The SMILES string of the molecule is Cc1c(-c2ccc3cnc(Nc4ccc(N5CC(CN6CCN(c7ccc(NC8CCC(=O)NC8=O)cc7)CC6)C5)cc4)nc3c2)c[nH]c(=O)c1N. The quantitative estimate of drug-likeness (QED) is 0.141. The van der Waals surface area contributed by atoms with Crippen molar-refractivity contribution in [1.82, 2.24) is 25.2 Å². The smallest absolute Gasteiger partial charge is 0.271 e. The van der Waals surface area contributed by atoms with Crippen molar-refractivity contribution in [3.8, 4) is 11.1 Å². The lowest BCUT2D eigenvalue weighted by molar-refractivity contribution is -0.133. The van der Waals surface area contributed by atoms with Crippen LogP contribution >= 0.6 is 0 Å². The van der Waals surface area contributed by atoms with Gasteiger partial charge in [0.15, 0.2) is 0 Å². The zero-order valence-electron chi connectivity index (χ0n) is 29.1. The number of nitrogens with one attached hydrogen (secondary N) is 4. The number of anilines is 6. The minimum atomic E-state index is -0.374. The highest BCUT2D eigenvalue weighted by Gasteiger charge is 2.30. The third-order valence-corrected chi connectivity index (χ3v) is 10.4. The van der Waals surface area contributed by atoms with E-state index in [1.165, 1.54) is 11.4 Å². The van der Waals surface area contributed by atoms with Crippen LogP contribution < -0.4 is 37.0 Å². The van der Waals surface area contributed by atoms with Crippen LogP contribution in [0.2, 0.25) is 0 Å². The van der Waals surface area contributed by atoms with E-state index in [2.05, 4.69) is 77.0 Å². The van der Waals surface area contributed by atoms with E-state index in [-0.39, 0.29) is 29.1 Å². The molecular weight excluding hydrogens is 656 g/mol. The second-order valence-corrected chi connectivity index (χ2v) is 14.0. The van der Waals surface area contributed by atoms with Crippen molar-refractivity contribution in [1.29, 1.82) is 0 Å². The zero-order chi connectivity index (χ0) is 35.8. The first-order valence-electron chi connectivity index (χ1n) is 17.8. The van der Waals surface area contributed by atoms with E-state index >= 15 is 0 Å². The highest BCUT2D eigenvalue weighted by molar-refractivity contribution is 6.01. The van der Waals surface area contributed by atoms with Crippen LogP contribution in [0, 0.1) is 12.8 Å². The Labute approximate surface area is 301 Å². The van der Waals surface area contributed by atoms with Crippen LogP contribution in [-0.4, -0.2) is 83.5 Å². The lowest BCUT2D eigenvalue weighted by Crippen LogP contribution is -2.55. The number of piperazine rings is 1. The Hall–Kier alpha value is -5.95. The maximum atomic E-state index is 12.1. The normalized spacial score (nSPS) is 18.3. The zero-order valence-corrected chi connectivity index (χ0v) is 29.1. The molecule has 0 spiro atoms. The molecule has 5 aromatic rings. The Bertz CT molecular complexity index is 2170. The number of imide groups is 1. The monoisotopic (exact) mass is 698 g/mol. The molecule has 3 aromatic carbocycles. The minimum Gasteiger partial charge on any atom is -0.394 e. The molecule has 266 valence electrons. The number of aromatic nitrogens is 3. The molecule has 13 heteroatoms. The molecule has 0 radical (unpaired) electrons. The number of amides is 2. The molecule has 0 saturated carbocycles. The van der Waals surface area contributed by atoms with E-state index in [1.807, 2.05) is 37.3 Å². The number of nitrogens with zero attached hydrogens (tertiary/aromatic N) is 5. The summed E-state index contributed by atoms with van der Waals surface area (Å²) in [4.78, 5) is 54.8. The number of H-pyrrole nitrogens is 1. The summed E-state index contributed by atoms with van der Waals surface area (Å²) in [5, 5.41) is 9.91. The lowest BCUT2D eigenvalue weighted by Gasteiger charge is -2.45. The van der Waals surface area contributed by atoms with E-state index in [4.69, 9.17) is 10.7 Å². The highest BCUT2D eigenvalue weighted by Crippen LogP contribution is 2.30. The summed E-state index contributed by atoms with van der Waals surface area (Å²) in [7, 11) is 0. The van der Waals surface area contributed by atoms with Gasteiger partial charge in [-0.3, -0.25) is 24.6 Å². The molecule has 3 aliphatic heterocycles. The molecule has 52 heavy (non-hydrogen) atoms. The number of hydrogen-bond donors (Lipinski definition) is 5. The molecule has 13 nitrogen and oxygen atoms in total. The maximum Gasteiger partial charge on any atom is 0.271 e. The molecule has 3 aliphatic rings. The topological polar surface area (TPSA) is 165 Å². The fraction of sp³-hybridized carbons (Fsp3) is 0.308. The molecule has 0 bridgehead atoms. The Morgan fingerprint density at radius 2 is 1.60 bits per heavy atom. The summed E-state index contributed by atoms with van der Waals surface area (Å²) < 4.78 is 0. The molecule has 5 heterocycles. The van der Waals surface area contributed by atoms with E-state index in [9.17, 15) is 14.4 Å². The number of pyridine rings is 1. The van der Waals surface area contributed by atoms with Gasteiger partial charge in [0.1, 0.15) is 11.7 Å². The van der Waals surface area contributed by atoms with Gasteiger partial charge in [0.2, 0.25) is 17.8 Å². The fourth-order valence-corrected chi connectivity index (χ4v) is 7.33. The van der Waals surface area contributed by atoms with E-state index in [0.29, 0.717) is 24.7 Å². The molecule has 3 saturated heterocycles. The number of nitrogen functional groups attached to an aromatic ring is 1. The van der Waals surface area contributed by atoms with Gasteiger partial charge in [-0.05, 0) is 79.1 Å². The van der Waals surface area contributed by atoms with Crippen LogP contribution in [0.15, 0.2) is 83.9 Å². The Morgan fingerprint density at radius 3 is 2.33 bits per heavy atom. The number of fused-ring (bicyclic) bond motifs is 1. The number of aromatic amines is 1. The van der Waals surface area contributed by atoms with Gasteiger partial charge in [0.25, 0.3) is 5.56 Å². The maximum absolute atomic E-state index is 12.1. The average molecular weight is 699 g/mol. The van der Waals surface area contributed by atoms with Gasteiger partial charge in [0, 0.05) is 104 Å². The van der Waals surface area contributed by atoms with E-state index < -0.39 is 0 Å². The summed E-state index contributed by atoms with van der Waals surface area (Å²) in [6.07, 6.45) is 4.37. The van der Waals surface area contributed by atoms with Crippen molar-refractivity contribution in [2.24, 2.45) is 5.92 Å². The molecule has 3 fully saturated rings. The van der Waals surface area contributed by atoms with Crippen LogP contribution in [0.4, 0.5) is 34.4 Å². The highest BCUT2D eigenvalue weighted by atomic mass is 16.2. The number of carbonyl (C=O) groups is 2. The molecule has 0 aliphatic carbocycles. The minimum absolute atomic E-state index is 0.204. The van der Waals surface area contributed by atoms with Crippen molar-refractivity contribution < 1.29 is 9.59 Å². The van der Waals surface area contributed by atoms with Crippen LogP contribution in [-0.2, 0) is 9.59 Å². The summed E-state index contributed by atoms with van der Waals surface area (Å²) in [6.45, 7) is 9.08. The van der Waals surface area contributed by atoms with Gasteiger partial charge >= 0.3 is 0 Å². The van der Waals surface area contributed by atoms with Crippen molar-refractivity contribution in [3.63, 3.8) is 0 Å². The molecule has 2 amide bonds. The summed E-state index contributed by atoms with van der Waals surface area (Å²) in [5.74, 6) is 0.700. The number of benzene rings is 3. The van der Waals surface area contributed by atoms with Crippen molar-refractivity contribution in [3.05, 3.63) is 95.0 Å². The van der Waals surface area contributed by atoms with Crippen LogP contribution in [0.3, 0.4) is 0 Å². The van der Waals surface area contributed by atoms with Gasteiger partial charge in [-0.15, -0.1) is 0 Å². The molecule has 1 unspecified atom stereocenters. The fourth-order valence-electron chi connectivity index (χ4n) is 7.33. The standard InChI is InChI=1S/C39H42N10O3/c1-24-32(20-41-38(52)36(24)40)26-2-3-27-19-42-39(45-34(27)18-26)44-29-6-10-31(11-7-29)49-22-25(23-49)21-47-14-16-48(17-15-47)30-8-4-28(5-9-30)43-33-12-13-35(50)46-37(33)51/h2-11,18-20,25,33,43H,12-17,21-23,40H2,1H3,(H,41,52)(H,42,44,45)(H,46,50,51). The summed E-state index contributed by atoms with van der Waals surface area (Å²) in [6, 6.07) is 22.2. The first-order valence-corrected chi connectivity index (χ1v) is 17.8. The Morgan fingerprint density at radius 1 is 0.885 bits per heavy atom. The number of rotatable bonds is 9. The second kappa shape index (κ2) is 14.0. The van der Waals surface area contributed by atoms with Crippen molar-refractivity contribution in [2.45, 2.75) is 25.8 Å². The van der Waals surface area contributed by atoms with Crippen LogP contribution in [0.25, 0.3) is 22.0 Å². The molecule has 1 atom stereocenters. The molecule has 8 rings (SSSR count). The molecule has 6 N–H and O–H groups in total. The number of piperidine rings is 1. The first kappa shape index (κ1) is 33.2. The second-order valence-electron chi connectivity index (χ2n) is 14.0. The van der Waals surface area contributed by atoms with Gasteiger partial charge in [0.05, 0.1) is 5.52 Å². The van der Waals surface area contributed by atoms with Gasteiger partial charge in [-0.2, -0.15) is 0 Å². The molecule has 2 aromatic heterocycles. The van der Waals surface area contributed by atoms with Gasteiger partial charge in [-0.25, -0.2) is 9.97 Å². The average Bonchev–Trinajstić information content (AvgIpc) is 3.14. The van der Waals surface area contributed by atoms with Crippen LogP contribution in [0.5, 0.6) is 0 Å². The summed E-state index contributed by atoms with van der Waals surface area (Å²) >= 11 is 0. The van der Waals surface area contributed by atoms with Crippen molar-refractivity contribution >= 4 is 57.1 Å². The van der Waals surface area contributed by atoms with Gasteiger partial charge < -0.3 is 31.2 Å². The third-order valence-electron chi connectivity index (χ3n) is 10.4. The predicted octanol–water partition coefficient (Wildman–Crippen LogP) is 4.09. The lowest BCUT2D eigenvalue weighted by atomic mass is 9.98. The van der Waals surface area contributed by atoms with Gasteiger partial charge in [-0.1, -0.05) is 12.1 Å². The Kier molecular flexibility index (Phi) is 8.93. The summed E-state index contributed by atoms with van der Waals surface area (Å²) in [5.41, 5.74) is 13.4. The van der Waals surface area contributed by atoms with E-state index in [0.717, 1.165) is 84.8 Å². The largest absolute Gasteiger partial charge is 0.394 e. The third kappa shape index (κ3) is 6.99. The van der Waals surface area contributed by atoms with Crippen molar-refractivity contribution in [2.75, 3.05) is 72.0 Å². The number of hydrogen-bond acceptors (Lipinski definition) is 11. The Balaban J connectivity index is 0.798. The number of nitrogens with two attached hydrogens (primary N) is 1. The molecular formula is C39H42N10O3. The number of carbonyl (C=O) groups excluding carboxylic acids is 2. The van der Waals surface area contributed by atoms with Crippen LogP contribution in [0.1, 0.15) is 18.4 Å². The van der Waals surface area contributed by atoms with E-state index in [1.54, 1.807) is 12.4 Å². The predicted molar refractivity (Wildman–Crippen MR) is 205 cm³/mol. The first-order chi connectivity index (χ1) is 25.3.